The molecule has 1 aromatic carbocycles. The lowest BCUT2D eigenvalue weighted by atomic mass is 9.78. The Hall–Kier alpha value is -3.10. The van der Waals surface area contributed by atoms with Gasteiger partial charge in [0.05, 0.1) is 19.9 Å². The zero-order valence-corrected chi connectivity index (χ0v) is 22.1. The maximum atomic E-state index is 6.31. The van der Waals surface area contributed by atoms with Gasteiger partial charge in [-0.1, -0.05) is 55.6 Å². The number of ether oxygens (including phenoxy) is 2. The van der Waals surface area contributed by atoms with Crippen LogP contribution in [-0.2, 0) is 6.54 Å². The Morgan fingerprint density at radius 2 is 1.81 bits per heavy atom. The zero-order valence-electron chi connectivity index (χ0n) is 20.5. The lowest BCUT2D eigenvalue weighted by molar-refractivity contribution is 0.238. The number of hydrogen-bond acceptors (Lipinski definition) is 7. The third-order valence-electron chi connectivity index (χ3n) is 7.06. The lowest BCUT2D eigenvalue weighted by Crippen LogP contribution is -2.38. The Bertz CT molecular complexity index is 1370. The first-order valence-corrected chi connectivity index (χ1v) is 12.7. The summed E-state index contributed by atoms with van der Waals surface area (Å²) in [5, 5.41) is 5.09. The normalized spacial score (nSPS) is 15.3. The molecule has 0 spiro atoms. The summed E-state index contributed by atoms with van der Waals surface area (Å²) in [5.74, 6) is 2.30. The Labute approximate surface area is 220 Å². The Morgan fingerprint density at radius 3 is 2.50 bits per heavy atom. The number of rotatable bonds is 7. The minimum atomic E-state index is 0.161. The molecule has 1 aliphatic rings. The van der Waals surface area contributed by atoms with Gasteiger partial charge in [-0.3, -0.25) is 0 Å². The highest BCUT2D eigenvalue weighted by atomic mass is 35.5. The van der Waals surface area contributed by atoms with Gasteiger partial charge >= 0.3 is 0 Å². The fourth-order valence-corrected chi connectivity index (χ4v) is 4.65. The van der Waals surface area contributed by atoms with Crippen LogP contribution in [0.4, 0.5) is 5.82 Å². The van der Waals surface area contributed by atoms with E-state index in [1.165, 1.54) is 12.6 Å². The van der Waals surface area contributed by atoms with E-state index in [9.17, 15) is 0 Å². The summed E-state index contributed by atoms with van der Waals surface area (Å²) in [6, 6.07) is 9.49. The number of fused-ring (bicyclic) bond motifs is 1. The second kappa shape index (κ2) is 10.1. The summed E-state index contributed by atoms with van der Waals surface area (Å²) in [5.41, 5.74) is 2.61. The molecule has 0 atom stereocenters. The summed E-state index contributed by atoms with van der Waals surface area (Å²) >= 11 is 12.4. The van der Waals surface area contributed by atoms with Gasteiger partial charge in [0.2, 0.25) is 0 Å². The van der Waals surface area contributed by atoms with Crippen LogP contribution in [0.2, 0.25) is 10.2 Å². The molecule has 1 fully saturated rings. The average Bonchev–Trinajstić information content (AvgIpc) is 3.23. The molecule has 0 saturated carbocycles. The van der Waals surface area contributed by atoms with E-state index < -0.39 is 0 Å². The quantitative estimate of drug-likeness (QED) is 0.258. The van der Waals surface area contributed by atoms with E-state index in [1.54, 1.807) is 24.1 Å². The first-order chi connectivity index (χ1) is 17.4. The van der Waals surface area contributed by atoms with E-state index in [0.717, 1.165) is 43.1 Å². The van der Waals surface area contributed by atoms with E-state index in [4.69, 9.17) is 47.7 Å². The number of hydrogen-bond donors (Lipinski definition) is 0. The van der Waals surface area contributed by atoms with Gasteiger partial charge in [0.25, 0.3) is 5.88 Å². The van der Waals surface area contributed by atoms with Gasteiger partial charge in [-0.2, -0.15) is 0 Å². The summed E-state index contributed by atoms with van der Waals surface area (Å²) in [6.45, 7) is 7.02. The molecule has 5 rings (SSSR count). The zero-order chi connectivity index (χ0) is 25.3. The molecule has 0 radical (unpaired) electrons. The Balaban J connectivity index is 1.51. The van der Waals surface area contributed by atoms with Crippen molar-refractivity contribution in [2.24, 2.45) is 5.41 Å². The van der Waals surface area contributed by atoms with Crippen LogP contribution in [-0.4, -0.2) is 44.9 Å². The van der Waals surface area contributed by atoms with Crippen molar-refractivity contribution in [3.63, 3.8) is 0 Å². The van der Waals surface area contributed by atoms with Crippen molar-refractivity contribution in [2.75, 3.05) is 25.1 Å². The molecule has 1 aliphatic heterocycles. The van der Waals surface area contributed by atoms with Crippen LogP contribution in [0.5, 0.6) is 17.4 Å². The van der Waals surface area contributed by atoms with Gasteiger partial charge in [0.15, 0.2) is 22.1 Å². The topological polar surface area (TPSA) is 78.2 Å². The minimum Gasteiger partial charge on any atom is -0.497 e. The summed E-state index contributed by atoms with van der Waals surface area (Å²) < 4.78 is 13.2. The van der Waals surface area contributed by atoms with Crippen LogP contribution in [0.25, 0.3) is 11.2 Å². The maximum absolute atomic E-state index is 6.31. The van der Waals surface area contributed by atoms with Crippen LogP contribution in [0.3, 0.4) is 0 Å². The fraction of sp³-hybridized carbons (Fsp3) is 0.385. The molecule has 36 heavy (non-hydrogen) atoms. The average molecular weight is 527 g/mol. The summed E-state index contributed by atoms with van der Waals surface area (Å²) in [7, 11) is 1.65. The van der Waals surface area contributed by atoms with Crippen molar-refractivity contribution in [2.45, 2.75) is 39.7 Å². The van der Waals surface area contributed by atoms with Gasteiger partial charge in [-0.05, 0) is 36.0 Å². The van der Waals surface area contributed by atoms with Gasteiger partial charge < -0.3 is 14.4 Å². The first kappa shape index (κ1) is 24.6. The lowest BCUT2D eigenvalue weighted by Gasteiger charge is -2.39. The number of pyridine rings is 1. The molecular formula is C26H28Cl2N6O2. The van der Waals surface area contributed by atoms with Gasteiger partial charge in [-0.15, -0.1) is 5.10 Å². The SMILES string of the molecule is CCC1(C)CCN(c2cnc3c(Oc4ccnc(Cl)c4Cl)nn(Cc4ccc(OC)cc4)c3n2)CC1. The Kier molecular flexibility index (Phi) is 6.90. The van der Waals surface area contributed by atoms with Crippen LogP contribution in [0.15, 0.2) is 42.7 Å². The summed E-state index contributed by atoms with van der Waals surface area (Å²) in [4.78, 5) is 16.0. The minimum absolute atomic E-state index is 0.161. The second-order valence-electron chi connectivity index (χ2n) is 9.38. The van der Waals surface area contributed by atoms with Crippen LogP contribution < -0.4 is 14.4 Å². The van der Waals surface area contributed by atoms with Crippen molar-refractivity contribution in [1.29, 1.82) is 0 Å². The molecule has 4 aromatic rings. The fourth-order valence-electron chi connectivity index (χ4n) is 4.35. The van der Waals surface area contributed by atoms with Crippen molar-refractivity contribution >= 4 is 40.2 Å². The number of benzene rings is 1. The number of piperidine rings is 1. The van der Waals surface area contributed by atoms with E-state index in [1.807, 2.05) is 24.3 Å². The van der Waals surface area contributed by atoms with Gasteiger partial charge in [0.1, 0.15) is 16.6 Å². The summed E-state index contributed by atoms with van der Waals surface area (Å²) in [6.07, 6.45) is 6.77. The molecule has 8 nitrogen and oxygen atoms in total. The highest BCUT2D eigenvalue weighted by molar-refractivity contribution is 6.42. The molecule has 4 heterocycles. The smallest absolute Gasteiger partial charge is 0.266 e. The van der Waals surface area contributed by atoms with E-state index in [0.29, 0.717) is 34.8 Å². The monoisotopic (exact) mass is 526 g/mol. The molecule has 10 heteroatoms. The van der Waals surface area contributed by atoms with Crippen molar-refractivity contribution in [3.05, 3.63) is 58.5 Å². The van der Waals surface area contributed by atoms with Crippen LogP contribution >= 0.6 is 23.2 Å². The maximum Gasteiger partial charge on any atom is 0.266 e. The predicted molar refractivity (Wildman–Crippen MR) is 142 cm³/mol. The number of halogens is 2. The third-order valence-corrected chi connectivity index (χ3v) is 7.81. The molecule has 0 bridgehead atoms. The van der Waals surface area contributed by atoms with Crippen molar-refractivity contribution in [1.82, 2.24) is 24.7 Å². The molecule has 0 N–H and O–H groups in total. The van der Waals surface area contributed by atoms with E-state index >= 15 is 0 Å². The number of nitrogens with zero attached hydrogens (tertiary/aromatic N) is 6. The Morgan fingerprint density at radius 1 is 1.06 bits per heavy atom. The predicted octanol–water partition coefficient (Wildman–Crippen LogP) is 6.39. The largest absolute Gasteiger partial charge is 0.497 e. The molecule has 188 valence electrons. The molecule has 1 saturated heterocycles. The molecule has 0 amide bonds. The number of methoxy groups -OCH3 is 1. The number of anilines is 1. The standard InChI is InChI=1S/C26H28Cl2N6O2/c1-4-26(2)10-13-33(14-11-26)20-15-30-22-24(31-20)34(16-17-5-7-18(35-3)8-6-17)32-25(22)36-19-9-12-29-23(28)21(19)27/h5-9,12,15H,4,10-11,13-14,16H2,1-3H3. The van der Waals surface area contributed by atoms with E-state index in [-0.39, 0.29) is 10.2 Å². The van der Waals surface area contributed by atoms with Crippen molar-refractivity contribution in [3.8, 4) is 17.4 Å². The first-order valence-electron chi connectivity index (χ1n) is 12.0. The molecule has 0 aliphatic carbocycles. The van der Waals surface area contributed by atoms with Crippen LogP contribution in [0.1, 0.15) is 38.7 Å². The van der Waals surface area contributed by atoms with Gasteiger partial charge in [-0.25, -0.2) is 19.6 Å². The van der Waals surface area contributed by atoms with Crippen LogP contribution in [0, 0.1) is 5.41 Å². The van der Waals surface area contributed by atoms with Crippen molar-refractivity contribution < 1.29 is 9.47 Å². The molecular weight excluding hydrogens is 499 g/mol. The van der Waals surface area contributed by atoms with E-state index in [2.05, 4.69) is 23.7 Å². The molecule has 3 aromatic heterocycles. The molecule has 0 unspecified atom stereocenters. The third kappa shape index (κ3) is 4.92. The highest BCUT2D eigenvalue weighted by Gasteiger charge is 2.29. The number of aromatic nitrogens is 5. The highest BCUT2D eigenvalue weighted by Crippen LogP contribution is 2.37. The van der Waals surface area contributed by atoms with Gasteiger partial charge in [0, 0.05) is 25.4 Å². The second-order valence-corrected chi connectivity index (χ2v) is 10.1.